The molecule has 4 unspecified atom stereocenters. The van der Waals surface area contributed by atoms with Gasteiger partial charge in [0.25, 0.3) is 0 Å². The zero-order valence-electron chi connectivity index (χ0n) is 29.6. The normalized spacial score (nSPS) is 17.3. The Bertz CT molecular complexity index is 1610. The maximum atomic E-state index is 13.5. The molecule has 2 aromatic heterocycles. The van der Waals surface area contributed by atoms with Crippen molar-refractivity contribution in [1.82, 2.24) is 30.8 Å². The first-order chi connectivity index (χ1) is 24.1. The van der Waals surface area contributed by atoms with Crippen LogP contribution in [0.2, 0.25) is 0 Å². The highest BCUT2D eigenvalue weighted by molar-refractivity contribution is 7.09. The van der Waals surface area contributed by atoms with Gasteiger partial charge in [0.2, 0.25) is 0 Å². The molecule has 1 aliphatic heterocycles. The number of benzene rings is 2. The number of likely N-dealkylation sites (N-methyl/N-ethyl adjacent to an activating group) is 1. The molecule has 0 bridgehead atoms. The molecule has 0 radical (unpaired) electrons. The Morgan fingerprint density at radius 1 is 0.960 bits per heavy atom. The second kappa shape index (κ2) is 17.9. The number of hydrogen-bond acceptors (Lipinski definition) is 9. The van der Waals surface area contributed by atoms with Crippen LogP contribution in [0.1, 0.15) is 73.2 Å². The Morgan fingerprint density at radius 2 is 1.60 bits per heavy atom. The summed E-state index contributed by atoms with van der Waals surface area (Å²) in [4.78, 5) is 37.9. The van der Waals surface area contributed by atoms with Crippen molar-refractivity contribution in [3.05, 3.63) is 104 Å². The number of thiazole rings is 2. The molecule has 4 aromatic rings. The number of urea groups is 1. The Morgan fingerprint density at radius 3 is 2.16 bits per heavy atom. The van der Waals surface area contributed by atoms with Gasteiger partial charge < -0.3 is 25.0 Å². The molecule has 10 nitrogen and oxygen atoms in total. The molecule has 4 atom stereocenters. The van der Waals surface area contributed by atoms with Crippen molar-refractivity contribution in [2.24, 2.45) is 5.92 Å². The van der Waals surface area contributed by atoms with Crippen LogP contribution in [0.5, 0.6) is 0 Å². The quantitative estimate of drug-likeness (QED) is 0.0937. The molecule has 0 spiro atoms. The van der Waals surface area contributed by atoms with Crippen molar-refractivity contribution >= 4 is 34.8 Å². The van der Waals surface area contributed by atoms with Gasteiger partial charge in [0.1, 0.15) is 6.61 Å². The van der Waals surface area contributed by atoms with E-state index in [0.29, 0.717) is 31.9 Å². The van der Waals surface area contributed by atoms with Crippen LogP contribution in [-0.4, -0.2) is 64.5 Å². The zero-order chi connectivity index (χ0) is 35.5. The maximum absolute atomic E-state index is 13.5. The Hall–Kier alpha value is -3.84. The zero-order valence-corrected chi connectivity index (χ0v) is 31.3. The Balaban J connectivity index is 1.28. The summed E-state index contributed by atoms with van der Waals surface area (Å²) in [5, 5.41) is 13.2. The van der Waals surface area contributed by atoms with E-state index < -0.39 is 11.8 Å². The average molecular weight is 719 g/mol. The molecule has 1 saturated heterocycles. The third-order valence-electron chi connectivity index (χ3n) is 8.90. The van der Waals surface area contributed by atoms with E-state index in [9.17, 15) is 9.59 Å². The third kappa shape index (κ3) is 10.8. The van der Waals surface area contributed by atoms with Crippen molar-refractivity contribution in [1.29, 1.82) is 0 Å². The first-order valence-corrected chi connectivity index (χ1v) is 19.1. The van der Waals surface area contributed by atoms with Gasteiger partial charge >= 0.3 is 12.1 Å². The van der Waals surface area contributed by atoms with Crippen LogP contribution >= 0.6 is 22.7 Å². The van der Waals surface area contributed by atoms with Crippen molar-refractivity contribution in [2.75, 3.05) is 13.7 Å². The van der Waals surface area contributed by atoms with E-state index in [1.807, 2.05) is 36.7 Å². The SMILES string of the molecule is CC(C)c1nc(CNC(=O)N(C)C(C(C)C)C2(NC(CCC(Cc3ccccc3)NC(=O)OCc3cncs3)Cc3ccccc3)CO2)cs1. The second-order valence-electron chi connectivity index (χ2n) is 13.7. The number of ether oxygens (including phenoxy) is 2. The number of aromatic nitrogens is 2. The van der Waals surface area contributed by atoms with Gasteiger partial charge in [-0.15, -0.1) is 22.7 Å². The second-order valence-corrected chi connectivity index (χ2v) is 15.5. The lowest BCUT2D eigenvalue weighted by Crippen LogP contribution is -2.60. The van der Waals surface area contributed by atoms with Crippen molar-refractivity contribution in [3.63, 3.8) is 0 Å². The number of rotatable bonds is 18. The smallest absolute Gasteiger partial charge is 0.407 e. The Kier molecular flexibility index (Phi) is 13.4. The summed E-state index contributed by atoms with van der Waals surface area (Å²) >= 11 is 3.08. The summed E-state index contributed by atoms with van der Waals surface area (Å²) in [6, 6.07) is 20.0. The van der Waals surface area contributed by atoms with E-state index in [-0.39, 0.29) is 36.7 Å². The molecule has 5 rings (SSSR count). The van der Waals surface area contributed by atoms with Gasteiger partial charge in [-0.25, -0.2) is 14.6 Å². The summed E-state index contributed by atoms with van der Waals surface area (Å²) in [7, 11) is 1.84. The highest BCUT2D eigenvalue weighted by Gasteiger charge is 2.56. The molecule has 0 saturated carbocycles. The molecule has 3 N–H and O–H groups in total. The average Bonchev–Trinajstić information content (AvgIpc) is 3.45. The molecule has 268 valence electrons. The number of epoxide rings is 1. The molecule has 0 aliphatic carbocycles. The van der Waals surface area contributed by atoms with Crippen LogP contribution in [0, 0.1) is 5.92 Å². The van der Waals surface area contributed by atoms with Crippen LogP contribution in [0.15, 0.2) is 77.8 Å². The standard InChI is InChI=1S/C38H50N6O4S2/c1-26(2)34(44(5)36(45)40-20-32-23-49-35(41-32)27(3)4)38(24-48-38)43-31(19-29-14-10-7-11-15-29)17-16-30(18-28-12-8-6-9-13-28)42-37(46)47-22-33-21-39-25-50-33/h6-15,21,23,25-27,30-31,34,43H,16-20,22,24H2,1-5H3,(H,40,45)(H,42,46). The van der Waals surface area contributed by atoms with Gasteiger partial charge in [0.15, 0.2) is 5.72 Å². The van der Waals surface area contributed by atoms with E-state index in [2.05, 4.69) is 90.0 Å². The van der Waals surface area contributed by atoms with Gasteiger partial charge in [-0.2, -0.15) is 0 Å². The maximum Gasteiger partial charge on any atom is 0.407 e. The van der Waals surface area contributed by atoms with Gasteiger partial charge in [-0.1, -0.05) is 88.4 Å². The summed E-state index contributed by atoms with van der Waals surface area (Å²) < 4.78 is 11.8. The fraction of sp³-hybridized carbons (Fsp3) is 0.474. The molecule has 1 fully saturated rings. The van der Waals surface area contributed by atoms with Crippen LogP contribution < -0.4 is 16.0 Å². The summed E-state index contributed by atoms with van der Waals surface area (Å²) in [6.45, 7) is 9.55. The van der Waals surface area contributed by atoms with Crippen LogP contribution in [0.4, 0.5) is 9.59 Å². The van der Waals surface area contributed by atoms with E-state index in [1.54, 1.807) is 27.9 Å². The monoisotopic (exact) mass is 718 g/mol. The third-order valence-corrected chi connectivity index (χ3v) is 10.8. The summed E-state index contributed by atoms with van der Waals surface area (Å²) in [6.07, 6.45) is 4.17. The number of alkyl carbamates (subject to hydrolysis) is 1. The fourth-order valence-corrected chi connectivity index (χ4v) is 7.80. The number of nitrogens with one attached hydrogen (secondary N) is 3. The molecule has 3 heterocycles. The molecule has 1 aliphatic rings. The highest BCUT2D eigenvalue weighted by Crippen LogP contribution is 2.36. The molecule has 2 aromatic carbocycles. The first-order valence-electron chi connectivity index (χ1n) is 17.4. The number of hydrogen-bond donors (Lipinski definition) is 3. The number of carbonyl (C=O) groups is 2. The predicted molar refractivity (Wildman–Crippen MR) is 199 cm³/mol. The van der Waals surface area contributed by atoms with Gasteiger partial charge in [0.05, 0.1) is 40.3 Å². The van der Waals surface area contributed by atoms with Gasteiger partial charge in [-0.3, -0.25) is 10.3 Å². The fourth-order valence-electron chi connectivity index (χ4n) is 6.46. The molecule has 12 heteroatoms. The summed E-state index contributed by atoms with van der Waals surface area (Å²) in [5.41, 5.74) is 4.24. The lowest BCUT2D eigenvalue weighted by molar-refractivity contribution is 0.0791. The molecular weight excluding hydrogens is 669 g/mol. The van der Waals surface area contributed by atoms with Crippen LogP contribution in [0.3, 0.4) is 0 Å². The van der Waals surface area contributed by atoms with Gasteiger partial charge in [-0.05, 0) is 42.7 Å². The van der Waals surface area contributed by atoms with Crippen molar-refractivity contribution in [3.8, 4) is 0 Å². The van der Waals surface area contributed by atoms with Gasteiger partial charge in [0, 0.05) is 36.6 Å². The number of amides is 3. The summed E-state index contributed by atoms with van der Waals surface area (Å²) in [5.74, 6) is 0.470. The predicted octanol–water partition coefficient (Wildman–Crippen LogP) is 7.13. The van der Waals surface area contributed by atoms with E-state index >= 15 is 0 Å². The highest BCUT2D eigenvalue weighted by atomic mass is 32.1. The largest absolute Gasteiger partial charge is 0.444 e. The van der Waals surface area contributed by atoms with Crippen molar-refractivity contribution < 1.29 is 19.1 Å². The van der Waals surface area contributed by atoms with Crippen LogP contribution in [-0.2, 0) is 35.5 Å². The number of nitrogens with zero attached hydrogens (tertiary/aromatic N) is 3. The van der Waals surface area contributed by atoms with E-state index in [4.69, 9.17) is 9.47 Å². The topological polar surface area (TPSA) is 121 Å². The minimum Gasteiger partial charge on any atom is -0.444 e. The number of carbonyl (C=O) groups excluding carboxylic acids is 2. The van der Waals surface area contributed by atoms with Crippen LogP contribution in [0.25, 0.3) is 0 Å². The van der Waals surface area contributed by atoms with Crippen molar-refractivity contribution in [2.45, 2.75) is 96.3 Å². The minimum absolute atomic E-state index is 0.00959. The lowest BCUT2D eigenvalue weighted by atomic mass is 9.91. The lowest BCUT2D eigenvalue weighted by Gasteiger charge is -2.38. The Labute approximate surface area is 304 Å². The van der Waals surface area contributed by atoms with E-state index in [0.717, 1.165) is 34.0 Å². The van der Waals surface area contributed by atoms with E-state index in [1.165, 1.54) is 16.9 Å². The molecule has 50 heavy (non-hydrogen) atoms. The molecule has 3 amide bonds. The first kappa shape index (κ1) is 37.4. The molecular formula is C38H50N6O4S2. The minimum atomic E-state index is -0.693.